The third kappa shape index (κ3) is 3.30. The van der Waals surface area contributed by atoms with E-state index in [1.165, 1.54) is 21.8 Å². The number of fused-ring (bicyclic) bond motifs is 3. The van der Waals surface area contributed by atoms with Gasteiger partial charge in [0, 0.05) is 34.9 Å². The molecule has 154 valence electrons. The molecule has 0 saturated carbocycles. The van der Waals surface area contributed by atoms with E-state index in [1.807, 2.05) is 34.9 Å². The van der Waals surface area contributed by atoms with E-state index in [4.69, 9.17) is 4.42 Å². The Morgan fingerprint density at radius 2 is 1.55 bits per heavy atom. The van der Waals surface area contributed by atoms with Crippen LogP contribution in [0.3, 0.4) is 0 Å². The highest BCUT2D eigenvalue weighted by Crippen LogP contribution is 2.29. The average molecular weight is 408 g/mol. The van der Waals surface area contributed by atoms with Gasteiger partial charge < -0.3 is 8.98 Å². The summed E-state index contributed by atoms with van der Waals surface area (Å²) in [4.78, 5) is 4.67. The van der Waals surface area contributed by atoms with Gasteiger partial charge in [0.25, 0.3) is 0 Å². The van der Waals surface area contributed by atoms with Crippen LogP contribution in [0, 0.1) is 0 Å². The van der Waals surface area contributed by atoms with Gasteiger partial charge in [0.1, 0.15) is 0 Å². The van der Waals surface area contributed by atoms with E-state index in [0.717, 1.165) is 35.1 Å². The van der Waals surface area contributed by atoms with Crippen LogP contribution in [-0.4, -0.2) is 9.13 Å². The Hall–Kier alpha value is -3.79. The normalized spacial score (nSPS) is 13.0. The van der Waals surface area contributed by atoms with E-state index in [0.29, 0.717) is 5.68 Å². The van der Waals surface area contributed by atoms with Crippen LogP contribution < -0.4 is 16.4 Å². The van der Waals surface area contributed by atoms with Gasteiger partial charge in [0.2, 0.25) is 0 Å². The van der Waals surface area contributed by atoms with Crippen LogP contribution in [0.2, 0.25) is 0 Å². The van der Waals surface area contributed by atoms with Gasteiger partial charge in [-0.05, 0) is 55.8 Å². The number of nitrogens with zero attached hydrogens (tertiary/aromatic N) is 3. The first-order chi connectivity index (χ1) is 15.2. The molecule has 0 amide bonds. The van der Waals surface area contributed by atoms with Crippen LogP contribution in [0.15, 0.2) is 82.2 Å². The van der Waals surface area contributed by atoms with Crippen molar-refractivity contribution >= 4 is 40.1 Å². The summed E-state index contributed by atoms with van der Waals surface area (Å²) in [6.07, 6.45) is 2.05. The molecule has 2 aromatic heterocycles. The molecule has 31 heavy (non-hydrogen) atoms. The van der Waals surface area contributed by atoms with Crippen molar-refractivity contribution in [2.75, 3.05) is 0 Å². The van der Waals surface area contributed by atoms with Gasteiger partial charge >= 0.3 is 5.68 Å². The highest BCUT2D eigenvalue weighted by atomic mass is 16.3. The maximum absolute atomic E-state index is 6.14. The molecule has 5 aromatic rings. The zero-order chi connectivity index (χ0) is 21.4. The summed E-state index contributed by atoms with van der Waals surface area (Å²) in [6, 6.07) is 25.0. The lowest BCUT2D eigenvalue weighted by molar-refractivity contribution is 0.446. The standard InChI is InChI=1S/C27H25N3O/c1-4-29-19(3)26(31-27(29)28-21-11-7-6-8-12-21)18-20-15-16-25-23(17-20)22-13-9-10-14-24(22)30(25)5-2/h6-18H,3-5H2,1-2H3/b26-18+,28-27?. The Labute approximate surface area is 180 Å². The van der Waals surface area contributed by atoms with Gasteiger partial charge in [-0.2, -0.15) is 4.99 Å². The Morgan fingerprint density at radius 1 is 0.839 bits per heavy atom. The minimum Gasteiger partial charge on any atom is -0.423 e. The number of aromatic nitrogens is 2. The Balaban J connectivity index is 1.70. The lowest BCUT2D eigenvalue weighted by atomic mass is 10.1. The predicted octanol–water partition coefficient (Wildman–Crippen LogP) is 4.70. The molecule has 0 spiro atoms. The summed E-state index contributed by atoms with van der Waals surface area (Å²) < 4.78 is 10.5. The molecule has 0 saturated heterocycles. The third-order valence-electron chi connectivity index (χ3n) is 5.75. The first kappa shape index (κ1) is 19.2. The average Bonchev–Trinajstić information content (AvgIpc) is 3.28. The van der Waals surface area contributed by atoms with Crippen LogP contribution in [-0.2, 0) is 13.1 Å². The van der Waals surface area contributed by atoms with Gasteiger partial charge in [-0.15, -0.1) is 0 Å². The molecule has 5 rings (SSSR count). The molecule has 0 bridgehead atoms. The lowest BCUT2D eigenvalue weighted by Crippen LogP contribution is -2.30. The van der Waals surface area contributed by atoms with E-state index in [1.54, 1.807) is 0 Å². The van der Waals surface area contributed by atoms with Crippen molar-refractivity contribution in [3.8, 4) is 0 Å². The fourth-order valence-electron chi connectivity index (χ4n) is 4.25. The monoisotopic (exact) mass is 407 g/mol. The molecule has 0 fully saturated rings. The summed E-state index contributed by atoms with van der Waals surface area (Å²) >= 11 is 0. The van der Waals surface area contributed by atoms with E-state index < -0.39 is 0 Å². The van der Waals surface area contributed by atoms with Gasteiger partial charge in [-0.3, -0.25) is 4.57 Å². The number of hydrogen-bond donors (Lipinski definition) is 0. The number of benzene rings is 3. The summed E-state index contributed by atoms with van der Waals surface area (Å²) in [6.45, 7) is 10.2. The van der Waals surface area contributed by atoms with Crippen molar-refractivity contribution in [2.45, 2.75) is 26.9 Å². The topological polar surface area (TPSA) is 35.4 Å². The van der Waals surface area contributed by atoms with Crippen molar-refractivity contribution in [3.63, 3.8) is 0 Å². The number of rotatable bonds is 4. The minimum atomic E-state index is 0.564. The molecule has 2 heterocycles. The second-order valence-electron chi connectivity index (χ2n) is 7.57. The predicted molar refractivity (Wildman–Crippen MR) is 127 cm³/mol. The summed E-state index contributed by atoms with van der Waals surface area (Å²) in [7, 11) is 0. The van der Waals surface area contributed by atoms with Crippen LogP contribution in [0.1, 0.15) is 19.4 Å². The first-order valence-corrected chi connectivity index (χ1v) is 10.7. The molecule has 0 atom stereocenters. The third-order valence-corrected chi connectivity index (χ3v) is 5.75. The zero-order valence-corrected chi connectivity index (χ0v) is 17.9. The number of hydrogen-bond acceptors (Lipinski definition) is 2. The first-order valence-electron chi connectivity index (χ1n) is 10.7. The van der Waals surface area contributed by atoms with E-state index in [9.17, 15) is 0 Å². The molecule has 0 aliphatic heterocycles. The largest absolute Gasteiger partial charge is 0.423 e. The van der Waals surface area contributed by atoms with Crippen LogP contribution in [0.4, 0.5) is 5.69 Å². The Bertz CT molecular complexity index is 1570. The van der Waals surface area contributed by atoms with Crippen molar-refractivity contribution < 1.29 is 4.42 Å². The summed E-state index contributed by atoms with van der Waals surface area (Å²) in [5, 5.41) is 3.35. The zero-order valence-electron chi connectivity index (χ0n) is 17.9. The highest BCUT2D eigenvalue weighted by Gasteiger charge is 2.09. The van der Waals surface area contributed by atoms with Gasteiger partial charge in [-0.25, -0.2) is 0 Å². The Kier molecular flexibility index (Phi) is 4.83. The maximum atomic E-state index is 6.14. The fraction of sp³-hybridized carbons (Fsp3) is 0.148. The quantitative estimate of drug-likeness (QED) is 0.425. The van der Waals surface area contributed by atoms with Crippen LogP contribution >= 0.6 is 0 Å². The number of oxazole rings is 1. The van der Waals surface area contributed by atoms with Crippen LogP contribution in [0.25, 0.3) is 34.5 Å². The molecule has 3 aromatic carbocycles. The molecule has 4 nitrogen and oxygen atoms in total. The van der Waals surface area contributed by atoms with Crippen molar-refractivity contribution in [3.05, 3.63) is 94.8 Å². The number of aryl methyl sites for hydroxylation is 1. The van der Waals surface area contributed by atoms with E-state index in [2.05, 4.69) is 78.5 Å². The van der Waals surface area contributed by atoms with Crippen molar-refractivity contribution in [1.82, 2.24) is 9.13 Å². The highest BCUT2D eigenvalue weighted by molar-refractivity contribution is 6.08. The molecule has 0 unspecified atom stereocenters. The lowest BCUT2D eigenvalue weighted by Gasteiger charge is -2.02. The van der Waals surface area contributed by atoms with Gasteiger partial charge in [0.05, 0.1) is 11.0 Å². The smallest absolute Gasteiger partial charge is 0.302 e. The maximum Gasteiger partial charge on any atom is 0.302 e. The molecular weight excluding hydrogens is 382 g/mol. The second-order valence-corrected chi connectivity index (χ2v) is 7.57. The fourth-order valence-corrected chi connectivity index (χ4v) is 4.25. The molecule has 0 N–H and O–H groups in total. The molecule has 4 heteroatoms. The molecular formula is C27H25N3O. The van der Waals surface area contributed by atoms with E-state index in [-0.39, 0.29) is 0 Å². The van der Waals surface area contributed by atoms with Gasteiger partial charge in [0.15, 0.2) is 5.42 Å². The summed E-state index contributed by atoms with van der Waals surface area (Å²) in [5.74, 6) is 0. The molecule has 0 radical (unpaired) electrons. The van der Waals surface area contributed by atoms with Gasteiger partial charge in [-0.1, -0.05) is 49.0 Å². The molecule has 0 aliphatic carbocycles. The van der Waals surface area contributed by atoms with Crippen LogP contribution in [0.5, 0.6) is 0 Å². The second kappa shape index (κ2) is 7.80. The molecule has 0 aliphatic rings. The number of para-hydroxylation sites is 2. The van der Waals surface area contributed by atoms with E-state index >= 15 is 0 Å². The minimum absolute atomic E-state index is 0.564. The van der Waals surface area contributed by atoms with Crippen molar-refractivity contribution in [1.29, 1.82) is 0 Å². The Morgan fingerprint density at radius 3 is 2.32 bits per heavy atom. The SMILES string of the molecule is C=c1/c(=C\c2ccc3c(c2)c2ccccc2n3CC)oc(=Nc2ccccc2)n1CC. The van der Waals surface area contributed by atoms with Crippen molar-refractivity contribution in [2.24, 2.45) is 4.99 Å². The summed E-state index contributed by atoms with van der Waals surface area (Å²) in [5.41, 5.74) is 5.75.